The van der Waals surface area contributed by atoms with Crippen LogP contribution in [0.3, 0.4) is 0 Å². The molecule has 0 aliphatic rings. The van der Waals surface area contributed by atoms with Crippen LogP contribution in [-0.4, -0.2) is 23.1 Å². The van der Waals surface area contributed by atoms with Crippen LogP contribution in [0, 0.1) is 25.6 Å². The lowest BCUT2D eigenvalue weighted by Gasteiger charge is -2.23. The van der Waals surface area contributed by atoms with Crippen LogP contribution in [0.4, 0.5) is 10.1 Å². The molecule has 150 valence electrons. The molecule has 0 saturated carbocycles. The molecule has 2 rings (SSSR count). The summed E-state index contributed by atoms with van der Waals surface area (Å²) < 4.78 is 67.1. The smallest absolute Gasteiger partial charge is 0.244 e. The summed E-state index contributed by atoms with van der Waals surface area (Å²) in [5, 5.41) is 0. The number of hydrogen-bond donors (Lipinski definition) is 2. The molecule has 0 spiro atoms. The van der Waals surface area contributed by atoms with Crippen molar-refractivity contribution in [3.63, 3.8) is 0 Å². The average molecular weight is 435 g/mol. The minimum atomic E-state index is -4.15. The van der Waals surface area contributed by atoms with Gasteiger partial charge in [-0.2, -0.15) is 0 Å². The first-order chi connectivity index (χ1) is 12.3. The summed E-state index contributed by atoms with van der Waals surface area (Å²) in [7, 11) is -7.74. The Hall–Kier alpha value is -1.49. The Kier molecular flexibility index (Phi) is 6.35. The van der Waals surface area contributed by atoms with E-state index in [-0.39, 0.29) is 11.6 Å². The second kappa shape index (κ2) is 7.86. The van der Waals surface area contributed by atoms with Gasteiger partial charge in [0.2, 0.25) is 20.0 Å². The van der Waals surface area contributed by atoms with E-state index in [0.717, 1.165) is 33.7 Å². The molecule has 1 aromatic heterocycles. The Labute approximate surface area is 163 Å². The maximum absolute atomic E-state index is 14.4. The van der Waals surface area contributed by atoms with E-state index in [4.69, 9.17) is 0 Å². The van der Waals surface area contributed by atoms with Gasteiger partial charge in [-0.25, -0.2) is 25.9 Å². The molecule has 10 heteroatoms. The zero-order valence-electron chi connectivity index (χ0n) is 15.7. The molecular weight excluding hydrogens is 411 g/mol. The lowest BCUT2D eigenvalue weighted by molar-refractivity contribution is 0.460. The van der Waals surface area contributed by atoms with Gasteiger partial charge in [-0.3, -0.25) is 4.72 Å². The molecule has 2 aromatic rings. The van der Waals surface area contributed by atoms with Crippen LogP contribution in [0.1, 0.15) is 35.2 Å². The van der Waals surface area contributed by atoms with Crippen molar-refractivity contribution in [2.45, 2.75) is 38.6 Å². The second-order valence-electron chi connectivity index (χ2n) is 6.73. The molecule has 1 atom stereocenters. The van der Waals surface area contributed by atoms with Crippen molar-refractivity contribution in [1.29, 1.82) is 0 Å². The van der Waals surface area contributed by atoms with E-state index >= 15 is 0 Å². The number of halogens is 1. The molecule has 0 radical (unpaired) electrons. The zero-order valence-corrected chi connectivity index (χ0v) is 18.1. The lowest BCUT2D eigenvalue weighted by atomic mass is 9.97. The summed E-state index contributed by atoms with van der Waals surface area (Å²) in [6.45, 7) is 7.63. The number of sulfonamides is 2. The highest BCUT2D eigenvalue weighted by molar-refractivity contribution is 7.92. The van der Waals surface area contributed by atoms with Crippen LogP contribution in [0.5, 0.6) is 0 Å². The SMILES string of the molecule is Cc1cc(C(NS(=O)(=O)c2ccc(NS(C)(=O)=O)cc2F)C(C)C)c(C)s1. The first-order valence-electron chi connectivity index (χ1n) is 8.17. The third-order valence-electron chi connectivity index (χ3n) is 3.89. The Balaban J connectivity index is 2.38. The number of aryl methyl sites for hydroxylation is 2. The molecule has 27 heavy (non-hydrogen) atoms. The molecular formula is C17H23FN2O4S3. The lowest BCUT2D eigenvalue weighted by Crippen LogP contribution is -2.32. The summed E-state index contributed by atoms with van der Waals surface area (Å²) in [6.07, 6.45) is 0.926. The average Bonchev–Trinajstić information content (AvgIpc) is 2.81. The van der Waals surface area contributed by atoms with Gasteiger partial charge in [0.15, 0.2) is 0 Å². The maximum atomic E-state index is 14.4. The van der Waals surface area contributed by atoms with Crippen molar-refractivity contribution in [2.24, 2.45) is 5.92 Å². The van der Waals surface area contributed by atoms with E-state index < -0.39 is 36.8 Å². The Morgan fingerprint density at radius 2 is 1.70 bits per heavy atom. The highest BCUT2D eigenvalue weighted by atomic mass is 32.2. The van der Waals surface area contributed by atoms with Crippen molar-refractivity contribution in [1.82, 2.24) is 4.72 Å². The van der Waals surface area contributed by atoms with Crippen molar-refractivity contribution in [2.75, 3.05) is 11.0 Å². The summed E-state index contributed by atoms with van der Waals surface area (Å²) in [5.74, 6) is -1.08. The topological polar surface area (TPSA) is 92.3 Å². The molecule has 1 heterocycles. The fourth-order valence-electron chi connectivity index (χ4n) is 2.74. The molecule has 2 N–H and O–H groups in total. The number of benzene rings is 1. The largest absolute Gasteiger partial charge is 0.284 e. The normalized spacial score (nSPS) is 13.7. The predicted molar refractivity (Wildman–Crippen MR) is 107 cm³/mol. The van der Waals surface area contributed by atoms with Gasteiger partial charge >= 0.3 is 0 Å². The van der Waals surface area contributed by atoms with E-state index in [0.29, 0.717) is 0 Å². The quantitative estimate of drug-likeness (QED) is 0.697. The number of nitrogens with one attached hydrogen (secondary N) is 2. The monoisotopic (exact) mass is 434 g/mol. The summed E-state index contributed by atoms with van der Waals surface area (Å²) in [6, 6.07) is 4.54. The predicted octanol–water partition coefficient (Wildman–Crippen LogP) is 3.55. The van der Waals surface area contributed by atoms with Gasteiger partial charge in [-0.15, -0.1) is 11.3 Å². The van der Waals surface area contributed by atoms with Crippen molar-refractivity contribution in [3.05, 3.63) is 45.4 Å². The van der Waals surface area contributed by atoms with E-state index in [9.17, 15) is 21.2 Å². The van der Waals surface area contributed by atoms with Gasteiger partial charge in [0, 0.05) is 9.75 Å². The number of thiophene rings is 1. The molecule has 6 nitrogen and oxygen atoms in total. The summed E-state index contributed by atoms with van der Waals surface area (Å²) >= 11 is 1.57. The molecule has 0 fully saturated rings. The van der Waals surface area contributed by atoms with Crippen LogP contribution in [0.25, 0.3) is 0 Å². The molecule has 0 aliphatic heterocycles. The van der Waals surface area contributed by atoms with E-state index in [2.05, 4.69) is 9.44 Å². The van der Waals surface area contributed by atoms with E-state index in [1.165, 1.54) is 6.07 Å². The van der Waals surface area contributed by atoms with Crippen LogP contribution in [-0.2, 0) is 20.0 Å². The molecule has 0 amide bonds. The number of anilines is 1. The van der Waals surface area contributed by atoms with Gasteiger partial charge < -0.3 is 0 Å². The van der Waals surface area contributed by atoms with Crippen molar-refractivity contribution < 1.29 is 21.2 Å². The van der Waals surface area contributed by atoms with Crippen LogP contribution in [0.2, 0.25) is 0 Å². The Morgan fingerprint density at radius 3 is 2.15 bits per heavy atom. The summed E-state index contributed by atoms with van der Waals surface area (Å²) in [5.41, 5.74) is 0.825. The van der Waals surface area contributed by atoms with Crippen molar-refractivity contribution in [3.8, 4) is 0 Å². The minimum Gasteiger partial charge on any atom is -0.284 e. The summed E-state index contributed by atoms with van der Waals surface area (Å²) in [4.78, 5) is 1.54. The Bertz CT molecular complexity index is 1040. The van der Waals surface area contributed by atoms with Gasteiger partial charge in [0.25, 0.3) is 0 Å². The Morgan fingerprint density at radius 1 is 1.07 bits per heavy atom. The van der Waals surface area contributed by atoms with Gasteiger partial charge in [-0.05, 0) is 49.6 Å². The third kappa shape index (κ3) is 5.50. The van der Waals surface area contributed by atoms with Crippen LogP contribution >= 0.6 is 11.3 Å². The van der Waals surface area contributed by atoms with Gasteiger partial charge in [0.1, 0.15) is 10.7 Å². The second-order valence-corrected chi connectivity index (χ2v) is 11.6. The molecule has 0 bridgehead atoms. The third-order valence-corrected chi connectivity index (χ3v) is 6.95. The van der Waals surface area contributed by atoms with Crippen LogP contribution in [0.15, 0.2) is 29.2 Å². The number of hydrogen-bond acceptors (Lipinski definition) is 5. The fraction of sp³-hybridized carbons (Fsp3) is 0.412. The fourth-order valence-corrected chi connectivity index (χ4v) is 5.70. The van der Waals surface area contributed by atoms with E-state index in [1.807, 2.05) is 33.8 Å². The highest BCUT2D eigenvalue weighted by Gasteiger charge is 2.28. The molecule has 1 aromatic carbocycles. The van der Waals surface area contributed by atoms with Gasteiger partial charge in [-0.1, -0.05) is 13.8 Å². The minimum absolute atomic E-state index is 0.0429. The standard InChI is InChI=1S/C17H23FN2O4S3/c1-10(2)17(14-8-11(3)25-12(14)4)20-27(23,24)16-7-6-13(9-15(16)18)19-26(5,21)22/h6-10,17,19-20H,1-5H3. The number of rotatable bonds is 7. The van der Waals surface area contributed by atoms with Gasteiger partial charge in [0.05, 0.1) is 18.0 Å². The molecule has 1 unspecified atom stereocenters. The highest BCUT2D eigenvalue weighted by Crippen LogP contribution is 2.32. The first-order valence-corrected chi connectivity index (χ1v) is 12.4. The van der Waals surface area contributed by atoms with E-state index in [1.54, 1.807) is 11.3 Å². The zero-order chi connectivity index (χ0) is 20.6. The van der Waals surface area contributed by atoms with Crippen LogP contribution < -0.4 is 9.44 Å². The maximum Gasteiger partial charge on any atom is 0.244 e. The van der Waals surface area contributed by atoms with Crippen molar-refractivity contribution >= 4 is 37.1 Å². The molecule has 0 aliphatic carbocycles. The first kappa shape index (κ1) is 21.8. The molecule has 0 saturated heterocycles.